The Labute approximate surface area is 86.5 Å². The van der Waals surface area contributed by atoms with Gasteiger partial charge in [-0.1, -0.05) is 15.9 Å². The minimum Gasteiger partial charge on any atom is -0.355 e. The molecule has 0 aliphatic heterocycles. The van der Waals surface area contributed by atoms with Gasteiger partial charge in [-0.3, -0.25) is 4.79 Å². The highest BCUT2D eigenvalue weighted by molar-refractivity contribution is 9.10. The molecule has 0 saturated carbocycles. The molecule has 0 spiro atoms. The lowest BCUT2D eigenvalue weighted by Crippen LogP contribution is -2.19. The fraction of sp³-hybridized carbons (Fsp3) is 0.300. The Kier molecular flexibility index (Phi) is 3.09. The average Bonchev–Trinajstić information content (AvgIpc) is 2.10. The summed E-state index contributed by atoms with van der Waals surface area (Å²) in [5.41, 5.74) is 2.80. The number of benzene rings is 1. The van der Waals surface area contributed by atoms with Crippen molar-refractivity contribution >= 4 is 21.8 Å². The van der Waals surface area contributed by atoms with Gasteiger partial charge >= 0.3 is 0 Å². The van der Waals surface area contributed by atoms with E-state index < -0.39 is 0 Å². The topological polar surface area (TPSA) is 29.1 Å². The molecule has 0 radical (unpaired) electrons. The highest BCUT2D eigenvalue weighted by Crippen LogP contribution is 2.20. The third kappa shape index (κ3) is 2.10. The molecular formula is C10H12BrNO. The Morgan fingerprint density at radius 3 is 2.46 bits per heavy atom. The molecule has 0 unspecified atom stereocenters. The fourth-order valence-electron chi connectivity index (χ4n) is 1.16. The molecule has 0 aromatic heterocycles. The molecular weight excluding hydrogens is 230 g/mol. The molecule has 0 atom stereocenters. The van der Waals surface area contributed by atoms with Crippen molar-refractivity contribution in [2.75, 3.05) is 7.05 Å². The minimum absolute atomic E-state index is 0.0342. The van der Waals surface area contributed by atoms with E-state index in [2.05, 4.69) is 21.2 Å². The summed E-state index contributed by atoms with van der Waals surface area (Å²) in [4.78, 5) is 11.4. The summed E-state index contributed by atoms with van der Waals surface area (Å²) in [6, 6.07) is 3.85. The smallest absolute Gasteiger partial charge is 0.251 e. The van der Waals surface area contributed by atoms with Gasteiger partial charge in [0.2, 0.25) is 0 Å². The molecule has 2 nitrogen and oxygen atoms in total. The van der Waals surface area contributed by atoms with Crippen LogP contribution in [0.5, 0.6) is 0 Å². The number of halogens is 1. The molecule has 0 heterocycles. The first-order valence-corrected chi connectivity index (χ1v) is 4.84. The summed E-state index contributed by atoms with van der Waals surface area (Å²) in [6.45, 7) is 3.89. The zero-order valence-electron chi connectivity index (χ0n) is 7.94. The van der Waals surface area contributed by atoms with Gasteiger partial charge in [-0.05, 0) is 37.1 Å². The van der Waals surface area contributed by atoms with Crippen LogP contribution in [0.1, 0.15) is 21.5 Å². The van der Waals surface area contributed by atoms with Crippen LogP contribution in [0.15, 0.2) is 16.6 Å². The van der Waals surface area contributed by atoms with Crippen LogP contribution in [0, 0.1) is 13.8 Å². The lowest BCUT2D eigenvalue weighted by atomic mass is 10.1. The van der Waals surface area contributed by atoms with Crippen molar-refractivity contribution in [2.24, 2.45) is 0 Å². The molecule has 0 fully saturated rings. The predicted octanol–water partition coefficient (Wildman–Crippen LogP) is 2.43. The van der Waals surface area contributed by atoms with Gasteiger partial charge < -0.3 is 5.32 Å². The summed E-state index contributed by atoms with van der Waals surface area (Å²) in [6.07, 6.45) is 0. The lowest BCUT2D eigenvalue weighted by Gasteiger charge is -2.07. The Morgan fingerprint density at radius 2 is 1.92 bits per heavy atom. The van der Waals surface area contributed by atoms with Crippen LogP contribution in [-0.4, -0.2) is 13.0 Å². The van der Waals surface area contributed by atoms with Gasteiger partial charge in [0.1, 0.15) is 0 Å². The van der Waals surface area contributed by atoms with Crippen LogP contribution < -0.4 is 5.32 Å². The Balaban J connectivity index is 3.23. The Morgan fingerprint density at radius 1 is 1.31 bits per heavy atom. The van der Waals surface area contributed by atoms with E-state index >= 15 is 0 Å². The maximum Gasteiger partial charge on any atom is 0.251 e. The van der Waals surface area contributed by atoms with Crippen molar-refractivity contribution in [3.05, 3.63) is 33.3 Å². The maximum absolute atomic E-state index is 11.4. The first-order valence-electron chi connectivity index (χ1n) is 4.05. The molecule has 0 aliphatic rings. The number of hydrogen-bond acceptors (Lipinski definition) is 1. The van der Waals surface area contributed by atoms with E-state index in [0.717, 1.165) is 21.2 Å². The maximum atomic E-state index is 11.4. The summed E-state index contributed by atoms with van der Waals surface area (Å²) in [5.74, 6) is -0.0342. The van der Waals surface area contributed by atoms with Crippen molar-refractivity contribution in [3.63, 3.8) is 0 Å². The second kappa shape index (κ2) is 3.92. The van der Waals surface area contributed by atoms with Gasteiger partial charge in [-0.2, -0.15) is 0 Å². The standard InChI is InChI=1S/C10H12BrNO/c1-6-5-9(11)7(2)4-8(6)10(13)12-3/h4-5H,1-3H3,(H,12,13). The molecule has 1 aromatic rings. The summed E-state index contributed by atoms with van der Waals surface area (Å²) in [7, 11) is 1.64. The molecule has 0 bridgehead atoms. The quantitative estimate of drug-likeness (QED) is 0.805. The number of nitrogens with one attached hydrogen (secondary N) is 1. The van der Waals surface area contributed by atoms with E-state index in [4.69, 9.17) is 0 Å². The van der Waals surface area contributed by atoms with Crippen molar-refractivity contribution in [2.45, 2.75) is 13.8 Å². The first kappa shape index (κ1) is 10.3. The van der Waals surface area contributed by atoms with Gasteiger partial charge in [0.15, 0.2) is 0 Å². The summed E-state index contributed by atoms with van der Waals surface area (Å²) >= 11 is 3.42. The van der Waals surface area contributed by atoms with E-state index in [1.807, 2.05) is 26.0 Å². The predicted molar refractivity (Wildman–Crippen MR) is 57.0 cm³/mol. The van der Waals surface area contributed by atoms with Crippen molar-refractivity contribution < 1.29 is 4.79 Å². The van der Waals surface area contributed by atoms with Gasteiger partial charge in [0.05, 0.1) is 0 Å². The lowest BCUT2D eigenvalue weighted by molar-refractivity contribution is 0.0962. The van der Waals surface area contributed by atoms with Crippen molar-refractivity contribution in [1.29, 1.82) is 0 Å². The molecule has 0 saturated heterocycles. The second-order valence-electron chi connectivity index (χ2n) is 3.00. The molecule has 1 N–H and O–H groups in total. The van der Waals surface area contributed by atoms with E-state index in [1.165, 1.54) is 0 Å². The fourth-order valence-corrected chi connectivity index (χ4v) is 1.62. The Hall–Kier alpha value is -0.830. The number of amides is 1. The normalized spacial score (nSPS) is 9.85. The van der Waals surface area contributed by atoms with Crippen LogP contribution >= 0.6 is 15.9 Å². The third-order valence-corrected chi connectivity index (χ3v) is 2.83. The van der Waals surface area contributed by atoms with Crippen LogP contribution in [0.2, 0.25) is 0 Å². The highest BCUT2D eigenvalue weighted by Gasteiger charge is 2.08. The number of aryl methyl sites for hydroxylation is 2. The molecule has 70 valence electrons. The van der Waals surface area contributed by atoms with E-state index in [-0.39, 0.29) is 5.91 Å². The van der Waals surface area contributed by atoms with Gasteiger partial charge in [0, 0.05) is 17.1 Å². The molecule has 3 heteroatoms. The van der Waals surface area contributed by atoms with Crippen LogP contribution in [-0.2, 0) is 0 Å². The Bertz CT molecular complexity index is 347. The molecule has 1 aromatic carbocycles. The number of carbonyl (C=O) groups excluding carboxylic acids is 1. The molecule has 13 heavy (non-hydrogen) atoms. The highest BCUT2D eigenvalue weighted by atomic mass is 79.9. The molecule has 1 rings (SSSR count). The average molecular weight is 242 g/mol. The number of carbonyl (C=O) groups is 1. The van der Waals surface area contributed by atoms with Gasteiger partial charge in [0.25, 0.3) is 5.91 Å². The minimum atomic E-state index is -0.0342. The van der Waals surface area contributed by atoms with Crippen molar-refractivity contribution in [3.8, 4) is 0 Å². The monoisotopic (exact) mass is 241 g/mol. The van der Waals surface area contributed by atoms with Crippen LogP contribution in [0.25, 0.3) is 0 Å². The van der Waals surface area contributed by atoms with Crippen molar-refractivity contribution in [1.82, 2.24) is 5.32 Å². The first-order chi connectivity index (χ1) is 6.06. The number of rotatable bonds is 1. The summed E-state index contributed by atoms with van der Waals surface area (Å²) in [5, 5.41) is 2.61. The van der Waals surface area contributed by atoms with E-state index in [0.29, 0.717) is 0 Å². The van der Waals surface area contributed by atoms with Crippen LogP contribution in [0.3, 0.4) is 0 Å². The molecule has 0 aliphatic carbocycles. The second-order valence-corrected chi connectivity index (χ2v) is 3.85. The SMILES string of the molecule is CNC(=O)c1cc(C)c(Br)cc1C. The molecule has 1 amide bonds. The zero-order valence-corrected chi connectivity index (χ0v) is 9.53. The number of hydrogen-bond donors (Lipinski definition) is 1. The van der Waals surface area contributed by atoms with E-state index in [9.17, 15) is 4.79 Å². The largest absolute Gasteiger partial charge is 0.355 e. The van der Waals surface area contributed by atoms with Crippen LogP contribution in [0.4, 0.5) is 0 Å². The van der Waals surface area contributed by atoms with Gasteiger partial charge in [-0.15, -0.1) is 0 Å². The van der Waals surface area contributed by atoms with E-state index in [1.54, 1.807) is 7.05 Å². The summed E-state index contributed by atoms with van der Waals surface area (Å²) < 4.78 is 1.04. The van der Waals surface area contributed by atoms with Gasteiger partial charge in [-0.25, -0.2) is 0 Å². The third-order valence-electron chi connectivity index (χ3n) is 1.98. The zero-order chi connectivity index (χ0) is 10.0.